The van der Waals surface area contributed by atoms with E-state index in [2.05, 4.69) is 14.8 Å². The van der Waals surface area contributed by atoms with E-state index in [1.54, 1.807) is 12.4 Å². The van der Waals surface area contributed by atoms with Gasteiger partial charge >= 0.3 is 5.71 Å². The van der Waals surface area contributed by atoms with Crippen molar-refractivity contribution in [2.75, 3.05) is 0 Å². The first kappa shape index (κ1) is 12.9. The molecule has 0 aliphatic rings. The summed E-state index contributed by atoms with van der Waals surface area (Å²) in [5.41, 5.74) is 13.0. The van der Waals surface area contributed by atoms with E-state index in [1.807, 2.05) is 60.7 Å². The van der Waals surface area contributed by atoms with Crippen molar-refractivity contribution in [3.8, 4) is 11.4 Å². The van der Waals surface area contributed by atoms with E-state index in [0.717, 1.165) is 22.5 Å². The van der Waals surface area contributed by atoms with E-state index in [0.29, 0.717) is 5.71 Å². The summed E-state index contributed by atoms with van der Waals surface area (Å²) >= 11 is 0. The second-order valence-electron chi connectivity index (χ2n) is 4.46. The molecule has 1 aromatic carbocycles. The number of aromatic nitrogens is 2. The minimum Gasteiger partial charge on any atom is -0.361 e. The Morgan fingerprint density at radius 2 is 1.52 bits per heavy atom. The van der Waals surface area contributed by atoms with Gasteiger partial charge in [0.1, 0.15) is 0 Å². The fourth-order valence-corrected chi connectivity index (χ4v) is 2.11. The third-order valence-electron chi connectivity index (χ3n) is 3.11. The molecule has 0 saturated heterocycles. The van der Waals surface area contributed by atoms with Crippen LogP contribution in [0.1, 0.15) is 11.1 Å². The first-order valence-electron chi connectivity index (χ1n) is 6.54. The van der Waals surface area contributed by atoms with Crippen molar-refractivity contribution in [2.45, 2.75) is 0 Å². The zero-order valence-corrected chi connectivity index (χ0v) is 11.2. The van der Waals surface area contributed by atoms with Gasteiger partial charge in [0.05, 0.1) is 22.5 Å². The largest absolute Gasteiger partial charge is 0.361 e. The molecule has 0 fully saturated rings. The Hall–Kier alpha value is -3.10. The van der Waals surface area contributed by atoms with Crippen LogP contribution >= 0.6 is 0 Å². The normalized spacial score (nSPS) is 9.90. The molecule has 4 heteroatoms. The molecule has 0 radical (unpaired) electrons. The average Bonchev–Trinajstić information content (AvgIpc) is 2.58. The Balaban J connectivity index is 2.06. The quantitative estimate of drug-likeness (QED) is 0.417. The van der Waals surface area contributed by atoms with Crippen molar-refractivity contribution < 1.29 is 4.79 Å². The van der Waals surface area contributed by atoms with E-state index in [1.165, 1.54) is 0 Å². The average molecular weight is 272 g/mol. The van der Waals surface area contributed by atoms with Crippen LogP contribution in [0.3, 0.4) is 0 Å². The molecule has 0 aliphatic heterocycles. The molecule has 2 heterocycles. The monoisotopic (exact) mass is 272 g/mol. The standard InChI is InChI=1S/C17H12N4/c18-21-17(13-6-2-1-3-7-13)14-9-11-20-16(12-14)15-8-4-5-10-19-15/h1-12H. The van der Waals surface area contributed by atoms with Crippen LogP contribution < -0.4 is 0 Å². The van der Waals surface area contributed by atoms with E-state index < -0.39 is 0 Å². The lowest BCUT2D eigenvalue weighted by atomic mass is 10.0. The van der Waals surface area contributed by atoms with Gasteiger partial charge in [0.15, 0.2) is 0 Å². The van der Waals surface area contributed by atoms with Crippen LogP contribution in [0.25, 0.3) is 16.9 Å². The molecule has 21 heavy (non-hydrogen) atoms. The van der Waals surface area contributed by atoms with Crippen LogP contribution in [-0.2, 0) is 0 Å². The minimum atomic E-state index is 0.509. The lowest BCUT2D eigenvalue weighted by molar-refractivity contribution is -0.00279. The molecular weight excluding hydrogens is 260 g/mol. The van der Waals surface area contributed by atoms with E-state index in [9.17, 15) is 5.53 Å². The lowest BCUT2D eigenvalue weighted by Gasteiger charge is -2.01. The smallest absolute Gasteiger partial charge is 0.329 e. The first-order chi connectivity index (χ1) is 10.4. The number of hydrogen-bond donors (Lipinski definition) is 0. The summed E-state index contributed by atoms with van der Waals surface area (Å²) in [7, 11) is 0. The second kappa shape index (κ2) is 5.90. The SMILES string of the molecule is [N-]=[N+]=C(c1ccccc1)c1ccnc(-c2ccccn2)c1. The van der Waals surface area contributed by atoms with Crippen LogP contribution in [0.4, 0.5) is 0 Å². The highest BCUT2D eigenvalue weighted by atomic mass is 14.9. The summed E-state index contributed by atoms with van der Waals surface area (Å²) in [6, 6.07) is 18.9. The van der Waals surface area contributed by atoms with Crippen molar-refractivity contribution >= 4 is 5.71 Å². The molecule has 0 amide bonds. The van der Waals surface area contributed by atoms with Crippen LogP contribution in [0.2, 0.25) is 0 Å². The van der Waals surface area contributed by atoms with Gasteiger partial charge in [0.25, 0.3) is 0 Å². The van der Waals surface area contributed by atoms with Crippen LogP contribution in [-0.4, -0.2) is 20.5 Å². The molecule has 3 rings (SSSR count). The summed E-state index contributed by atoms with van der Waals surface area (Å²) in [6.07, 6.45) is 3.41. The third-order valence-corrected chi connectivity index (χ3v) is 3.11. The molecule has 0 N–H and O–H groups in total. The lowest BCUT2D eigenvalue weighted by Crippen LogP contribution is -2.05. The minimum absolute atomic E-state index is 0.509. The Morgan fingerprint density at radius 3 is 2.24 bits per heavy atom. The molecular formula is C17H12N4. The second-order valence-corrected chi connectivity index (χ2v) is 4.46. The van der Waals surface area contributed by atoms with Crippen LogP contribution in [0.15, 0.2) is 73.1 Å². The number of benzene rings is 1. The van der Waals surface area contributed by atoms with Crippen molar-refractivity contribution in [3.63, 3.8) is 0 Å². The zero-order valence-electron chi connectivity index (χ0n) is 11.2. The molecule has 2 aromatic heterocycles. The predicted octanol–water partition coefficient (Wildman–Crippen LogP) is 3.21. The molecule has 100 valence electrons. The fraction of sp³-hybridized carbons (Fsp3) is 0. The van der Waals surface area contributed by atoms with Gasteiger partial charge in [-0.25, -0.2) is 0 Å². The maximum Gasteiger partial charge on any atom is 0.329 e. The highest BCUT2D eigenvalue weighted by Crippen LogP contribution is 2.16. The molecule has 3 aromatic rings. The molecule has 4 nitrogen and oxygen atoms in total. The summed E-state index contributed by atoms with van der Waals surface area (Å²) in [4.78, 5) is 12.0. The van der Waals surface area contributed by atoms with Crippen LogP contribution in [0, 0.1) is 0 Å². The third kappa shape index (κ3) is 2.76. The number of rotatable bonds is 3. The van der Waals surface area contributed by atoms with Crippen molar-refractivity contribution in [1.82, 2.24) is 9.97 Å². The maximum atomic E-state index is 9.35. The Kier molecular flexibility index (Phi) is 3.63. The number of pyridine rings is 2. The Bertz CT molecular complexity index is 791. The molecule has 0 atom stereocenters. The van der Waals surface area contributed by atoms with Gasteiger partial charge in [-0.2, -0.15) is 4.79 Å². The number of hydrogen-bond acceptors (Lipinski definition) is 2. The van der Waals surface area contributed by atoms with Crippen molar-refractivity contribution in [2.24, 2.45) is 0 Å². The van der Waals surface area contributed by atoms with E-state index in [-0.39, 0.29) is 0 Å². The van der Waals surface area contributed by atoms with E-state index >= 15 is 0 Å². The highest BCUT2D eigenvalue weighted by Gasteiger charge is 2.16. The fourth-order valence-electron chi connectivity index (χ4n) is 2.11. The Labute approximate surface area is 122 Å². The topological polar surface area (TPSA) is 62.2 Å². The number of nitrogens with zero attached hydrogens (tertiary/aromatic N) is 4. The van der Waals surface area contributed by atoms with Gasteiger partial charge < -0.3 is 5.53 Å². The van der Waals surface area contributed by atoms with Crippen molar-refractivity contribution in [1.29, 1.82) is 0 Å². The molecule has 0 spiro atoms. The van der Waals surface area contributed by atoms with Gasteiger partial charge in [0.2, 0.25) is 0 Å². The predicted molar refractivity (Wildman–Crippen MR) is 80.7 cm³/mol. The van der Waals surface area contributed by atoms with Gasteiger partial charge in [-0.3, -0.25) is 9.97 Å². The van der Waals surface area contributed by atoms with E-state index in [4.69, 9.17) is 0 Å². The van der Waals surface area contributed by atoms with Gasteiger partial charge in [-0.1, -0.05) is 24.3 Å². The maximum absolute atomic E-state index is 9.35. The van der Waals surface area contributed by atoms with Gasteiger partial charge in [-0.15, -0.1) is 0 Å². The molecule has 0 bridgehead atoms. The Morgan fingerprint density at radius 1 is 0.762 bits per heavy atom. The molecule has 0 aliphatic carbocycles. The van der Waals surface area contributed by atoms with Gasteiger partial charge in [-0.05, 0) is 36.4 Å². The summed E-state index contributed by atoms with van der Waals surface area (Å²) in [5, 5.41) is 0. The molecule has 0 saturated carbocycles. The summed E-state index contributed by atoms with van der Waals surface area (Å²) in [6.45, 7) is 0. The molecule has 0 unspecified atom stereocenters. The summed E-state index contributed by atoms with van der Waals surface area (Å²) < 4.78 is 0. The zero-order chi connectivity index (χ0) is 14.5. The first-order valence-corrected chi connectivity index (χ1v) is 6.54. The summed E-state index contributed by atoms with van der Waals surface area (Å²) in [5.74, 6) is 0. The van der Waals surface area contributed by atoms with Gasteiger partial charge in [0, 0.05) is 12.4 Å². The van der Waals surface area contributed by atoms with Crippen LogP contribution in [0.5, 0.6) is 0 Å². The van der Waals surface area contributed by atoms with Crippen molar-refractivity contribution in [3.05, 3.63) is 89.7 Å². The highest BCUT2D eigenvalue weighted by molar-refractivity contribution is 6.09.